The number of terminal acetylenes is 1. The Balaban J connectivity index is 2.59. The molecule has 0 fully saturated rings. The van der Waals surface area contributed by atoms with Crippen molar-refractivity contribution in [3.05, 3.63) is 63.7 Å². The topological polar surface area (TPSA) is 131 Å². The Morgan fingerprint density at radius 2 is 1.61 bits per heavy atom. The number of halogens is 1. The van der Waals surface area contributed by atoms with Gasteiger partial charge in [-0.25, -0.2) is 4.79 Å². The molecule has 0 saturated carbocycles. The van der Waals surface area contributed by atoms with Crippen LogP contribution in [0.3, 0.4) is 0 Å². The fraction of sp³-hybridized carbons (Fsp3) is 0.357. The van der Waals surface area contributed by atoms with Crippen LogP contribution in [0, 0.1) is 33.2 Å². The van der Waals surface area contributed by atoms with Gasteiger partial charge < -0.3 is 21.1 Å². The number of aryl methyl sites for hydroxylation is 3. The van der Waals surface area contributed by atoms with Gasteiger partial charge in [-0.3, -0.25) is 19.3 Å². The first-order chi connectivity index (χ1) is 17.7. The lowest BCUT2D eigenvalue weighted by atomic mass is 9.93. The van der Waals surface area contributed by atoms with Crippen molar-refractivity contribution in [1.82, 2.24) is 10.2 Å². The molecule has 0 aliphatic rings. The van der Waals surface area contributed by atoms with Crippen LogP contribution < -0.4 is 16.4 Å². The summed E-state index contributed by atoms with van der Waals surface area (Å²) in [5.41, 5.74) is 7.42. The third-order valence-electron chi connectivity index (χ3n) is 5.56. The van der Waals surface area contributed by atoms with Gasteiger partial charge in [0.05, 0.1) is 17.1 Å². The molecule has 10 heteroatoms. The first-order valence-electron chi connectivity index (χ1n) is 11.9. The summed E-state index contributed by atoms with van der Waals surface area (Å²) in [5, 5.41) is 5.45. The van der Waals surface area contributed by atoms with Crippen molar-refractivity contribution in [1.29, 1.82) is 0 Å². The number of anilines is 1. The molecule has 2 rings (SSSR count). The molecule has 0 aliphatic carbocycles. The van der Waals surface area contributed by atoms with Crippen LogP contribution in [0.5, 0.6) is 0 Å². The van der Waals surface area contributed by atoms with E-state index in [0.717, 1.165) is 4.90 Å². The largest absolute Gasteiger partial charge is 0.444 e. The van der Waals surface area contributed by atoms with Crippen LogP contribution in [0.1, 0.15) is 55.5 Å². The summed E-state index contributed by atoms with van der Waals surface area (Å²) in [6.07, 6.45) is 4.27. The summed E-state index contributed by atoms with van der Waals surface area (Å²) in [4.78, 5) is 52.7. The van der Waals surface area contributed by atoms with E-state index in [0.29, 0.717) is 33.0 Å². The second-order valence-corrected chi connectivity index (χ2v) is 10.2. The molecule has 4 amide bonds. The number of amides is 4. The highest BCUT2D eigenvalue weighted by atomic mass is 35.5. The van der Waals surface area contributed by atoms with Gasteiger partial charge in [0.25, 0.3) is 11.8 Å². The van der Waals surface area contributed by atoms with Crippen molar-refractivity contribution in [3.8, 4) is 12.5 Å². The Morgan fingerprint density at radius 1 is 1.05 bits per heavy atom. The summed E-state index contributed by atoms with van der Waals surface area (Å²) >= 11 is 6.33. The maximum Gasteiger partial charge on any atom is 0.408 e. The van der Waals surface area contributed by atoms with Crippen molar-refractivity contribution in [2.45, 2.75) is 65.6 Å². The van der Waals surface area contributed by atoms with Crippen molar-refractivity contribution in [2.24, 2.45) is 5.73 Å². The zero-order valence-corrected chi connectivity index (χ0v) is 23.1. The molecule has 2 aromatic rings. The zero-order valence-electron chi connectivity index (χ0n) is 22.3. The number of primary amides is 1. The number of nitrogens with two attached hydrogens (primary N) is 1. The highest BCUT2D eigenvalue weighted by Gasteiger charge is 2.38. The minimum atomic E-state index is -1.49. The van der Waals surface area contributed by atoms with Crippen molar-refractivity contribution in [2.75, 3.05) is 5.32 Å². The Bertz CT molecular complexity index is 1240. The van der Waals surface area contributed by atoms with Crippen molar-refractivity contribution >= 4 is 41.1 Å². The van der Waals surface area contributed by atoms with Gasteiger partial charge in [0.1, 0.15) is 17.7 Å². The van der Waals surface area contributed by atoms with Crippen LogP contribution >= 0.6 is 11.6 Å². The number of ether oxygens (including phenoxy) is 1. The van der Waals surface area contributed by atoms with E-state index in [1.54, 1.807) is 71.9 Å². The molecule has 2 aromatic carbocycles. The first-order valence-corrected chi connectivity index (χ1v) is 12.2. The predicted molar refractivity (Wildman–Crippen MR) is 146 cm³/mol. The number of rotatable bonds is 8. The van der Waals surface area contributed by atoms with Gasteiger partial charge in [-0.05, 0) is 69.9 Å². The average Bonchev–Trinajstić information content (AvgIpc) is 2.78. The lowest BCUT2D eigenvalue weighted by Crippen LogP contribution is -2.52. The summed E-state index contributed by atoms with van der Waals surface area (Å²) in [6, 6.07) is 9.95. The molecule has 0 saturated heterocycles. The van der Waals surface area contributed by atoms with Gasteiger partial charge in [0.2, 0.25) is 5.91 Å². The molecular formula is C28H33ClN4O5. The lowest BCUT2D eigenvalue weighted by Gasteiger charge is -2.31. The summed E-state index contributed by atoms with van der Waals surface area (Å²) in [5.74, 6) is -2.40. The highest BCUT2D eigenvalue weighted by Crippen LogP contribution is 2.32. The SMILES string of the molecule is C#CN(C(=O)C(CC(N)=O)NC(=O)OC(C)(C)C)C(C(=O)Nc1c(C)cccc1Cl)c1c(C)cccc1C. The summed E-state index contributed by atoms with van der Waals surface area (Å²) < 4.78 is 5.23. The van der Waals surface area contributed by atoms with E-state index in [9.17, 15) is 19.2 Å². The Morgan fingerprint density at radius 3 is 2.11 bits per heavy atom. The predicted octanol–water partition coefficient (Wildman–Crippen LogP) is 4.13. The van der Waals surface area contributed by atoms with Gasteiger partial charge in [-0.1, -0.05) is 48.4 Å². The third kappa shape index (κ3) is 7.73. The number of hydrogen-bond acceptors (Lipinski definition) is 5. The monoisotopic (exact) mass is 540 g/mol. The fourth-order valence-electron chi connectivity index (χ4n) is 3.90. The van der Waals surface area contributed by atoms with Crippen LogP contribution in [0.15, 0.2) is 36.4 Å². The second-order valence-electron chi connectivity index (χ2n) is 9.84. The standard InChI is InChI=1S/C28H33ClN4O5/c1-8-33(26(36)20(15-21(30)34)31-27(37)38-28(5,6)7)24(22-16(2)11-9-12-17(22)3)25(35)32-23-18(4)13-10-14-19(23)29/h1,9-14,20,24H,15H2,2-7H3,(H2,30,34)(H,31,37)(H,32,35). The summed E-state index contributed by atoms with van der Waals surface area (Å²) in [7, 11) is 0. The number of alkyl carbamates (subject to hydrolysis) is 1. The number of benzene rings is 2. The Kier molecular flexibility index (Phi) is 9.91. The van der Waals surface area contributed by atoms with Crippen molar-refractivity contribution in [3.63, 3.8) is 0 Å². The first kappa shape index (κ1) is 30.2. The molecule has 0 spiro atoms. The van der Waals surface area contributed by atoms with E-state index in [2.05, 4.69) is 16.7 Å². The quantitative estimate of drug-likeness (QED) is 0.342. The minimum absolute atomic E-state index is 0.301. The van der Waals surface area contributed by atoms with Gasteiger partial charge in [0.15, 0.2) is 0 Å². The highest BCUT2D eigenvalue weighted by molar-refractivity contribution is 6.34. The van der Waals surface area contributed by atoms with Gasteiger partial charge in [0, 0.05) is 6.04 Å². The second kappa shape index (κ2) is 12.5. The van der Waals surface area contributed by atoms with Crippen LogP contribution in [0.25, 0.3) is 0 Å². The Labute approximate surface area is 228 Å². The number of hydrogen-bond donors (Lipinski definition) is 3. The molecule has 202 valence electrons. The molecule has 0 aromatic heterocycles. The molecule has 0 radical (unpaired) electrons. The summed E-state index contributed by atoms with van der Waals surface area (Å²) in [6.45, 7) is 10.3. The number of carbonyl (C=O) groups is 4. The van der Waals surface area contributed by atoms with Crippen LogP contribution in [-0.2, 0) is 19.1 Å². The van der Waals surface area contributed by atoms with E-state index < -0.39 is 47.9 Å². The molecule has 4 N–H and O–H groups in total. The molecule has 2 unspecified atom stereocenters. The molecule has 0 heterocycles. The van der Waals surface area contributed by atoms with E-state index >= 15 is 0 Å². The van der Waals surface area contributed by atoms with Gasteiger partial charge in [-0.2, -0.15) is 0 Å². The maximum atomic E-state index is 13.8. The number of nitrogens with one attached hydrogen (secondary N) is 2. The van der Waals surface area contributed by atoms with Crippen molar-refractivity contribution < 1.29 is 23.9 Å². The van der Waals surface area contributed by atoms with Crippen LogP contribution in [0.4, 0.5) is 10.5 Å². The smallest absolute Gasteiger partial charge is 0.408 e. The number of para-hydroxylation sites is 1. The zero-order chi connectivity index (χ0) is 28.8. The van der Waals surface area contributed by atoms with Gasteiger partial charge in [-0.15, -0.1) is 0 Å². The van der Waals surface area contributed by atoms with E-state index in [-0.39, 0.29) is 0 Å². The number of carbonyl (C=O) groups excluding carboxylic acids is 4. The third-order valence-corrected chi connectivity index (χ3v) is 5.88. The van der Waals surface area contributed by atoms with Crippen LogP contribution in [0.2, 0.25) is 5.02 Å². The molecule has 0 aliphatic heterocycles. The average molecular weight is 541 g/mol. The molecule has 2 atom stereocenters. The van der Waals surface area contributed by atoms with E-state index in [4.69, 9.17) is 28.5 Å². The molecular weight excluding hydrogens is 508 g/mol. The number of nitrogens with zero attached hydrogens (tertiary/aromatic N) is 1. The maximum absolute atomic E-state index is 13.8. The van der Waals surface area contributed by atoms with Crippen LogP contribution in [-0.4, -0.2) is 40.4 Å². The van der Waals surface area contributed by atoms with E-state index in [1.165, 1.54) is 0 Å². The lowest BCUT2D eigenvalue weighted by molar-refractivity contribution is -0.138. The minimum Gasteiger partial charge on any atom is -0.444 e. The Hall–Kier alpha value is -4.03. The molecule has 9 nitrogen and oxygen atoms in total. The van der Waals surface area contributed by atoms with E-state index in [1.807, 2.05) is 6.07 Å². The normalized spacial score (nSPS) is 12.5. The van der Waals surface area contributed by atoms with Gasteiger partial charge >= 0.3 is 6.09 Å². The molecule has 38 heavy (non-hydrogen) atoms. The molecule has 0 bridgehead atoms. The fourth-order valence-corrected chi connectivity index (χ4v) is 4.17.